The van der Waals surface area contributed by atoms with Crippen LogP contribution < -0.4 is 10.5 Å². The maximum Gasteiger partial charge on any atom is 0.270 e. The van der Waals surface area contributed by atoms with E-state index in [1.807, 2.05) is 32.0 Å². The Morgan fingerprint density at radius 2 is 1.86 bits per heavy atom. The summed E-state index contributed by atoms with van der Waals surface area (Å²) in [6.07, 6.45) is 3.42. The van der Waals surface area contributed by atoms with Crippen LogP contribution in [0, 0.1) is 18.3 Å². The van der Waals surface area contributed by atoms with Crippen LogP contribution in [0.4, 0.5) is 5.82 Å². The molecule has 3 heterocycles. The van der Waals surface area contributed by atoms with Gasteiger partial charge in [-0.05, 0) is 50.8 Å². The molecule has 0 bridgehead atoms. The molecule has 2 aliphatic heterocycles. The summed E-state index contributed by atoms with van der Waals surface area (Å²) in [4.78, 5) is 30.6. The number of carbonyl (C=O) groups is 1. The summed E-state index contributed by atoms with van der Waals surface area (Å²) in [5, 5.41) is 9.70. The number of aryl methyl sites for hydroxylation is 1. The van der Waals surface area contributed by atoms with Crippen LogP contribution in [0.25, 0.3) is 6.08 Å². The number of hydrogen-bond acceptors (Lipinski definition) is 7. The summed E-state index contributed by atoms with van der Waals surface area (Å²) < 4.78 is 7.93. The molecule has 9 heteroatoms. The highest BCUT2D eigenvalue weighted by Crippen LogP contribution is 2.36. The smallest absolute Gasteiger partial charge is 0.270 e. The van der Waals surface area contributed by atoms with E-state index in [1.165, 1.54) is 21.9 Å². The highest BCUT2D eigenvalue weighted by Gasteiger charge is 2.33. The standard InChI is InChI=1S/C27H30N4O3S2/c1-17-15-30(16-18(2)34-17)24-21(19(3)22(14-28)25(32)29(24)4)13-23-26(33)31(27(35)36-23)12-8-11-20-9-6-5-7-10-20/h5-7,9-10,13,17-18H,8,11-12,15-16H2,1-4H3/b23-13-/t17-,18-/m1/s1. The number of thiocarbonyl (C=S) groups is 1. The van der Waals surface area contributed by atoms with Gasteiger partial charge in [-0.2, -0.15) is 5.26 Å². The summed E-state index contributed by atoms with van der Waals surface area (Å²) in [6, 6.07) is 12.2. The molecular weight excluding hydrogens is 492 g/mol. The number of hydrogen-bond donors (Lipinski definition) is 0. The number of ether oxygens (including phenoxy) is 1. The van der Waals surface area contributed by atoms with Crippen LogP contribution in [0.3, 0.4) is 0 Å². The molecule has 2 atom stereocenters. The largest absolute Gasteiger partial charge is 0.372 e. The van der Waals surface area contributed by atoms with E-state index in [9.17, 15) is 14.9 Å². The first-order chi connectivity index (χ1) is 17.2. The quantitative estimate of drug-likeness (QED) is 0.419. The van der Waals surface area contributed by atoms with Gasteiger partial charge >= 0.3 is 0 Å². The first kappa shape index (κ1) is 26.1. The first-order valence-electron chi connectivity index (χ1n) is 12.0. The number of nitriles is 1. The van der Waals surface area contributed by atoms with Gasteiger partial charge in [0, 0.05) is 32.2 Å². The SMILES string of the molecule is Cc1c(/C=C2\SC(=S)N(CCCc3ccccc3)C2=O)c(N2C[C@@H](C)O[C@H](C)C2)n(C)c(=O)c1C#N. The van der Waals surface area contributed by atoms with Crippen LogP contribution in [0.1, 0.15) is 42.5 Å². The average molecular weight is 523 g/mol. The Morgan fingerprint density at radius 3 is 2.50 bits per heavy atom. The van der Waals surface area contributed by atoms with Crippen molar-refractivity contribution in [1.29, 1.82) is 5.26 Å². The van der Waals surface area contributed by atoms with Gasteiger partial charge in [-0.25, -0.2) is 0 Å². The molecule has 4 rings (SSSR count). The van der Waals surface area contributed by atoms with E-state index in [4.69, 9.17) is 17.0 Å². The zero-order chi connectivity index (χ0) is 26.0. The molecule has 7 nitrogen and oxygen atoms in total. The van der Waals surface area contributed by atoms with Crippen molar-refractivity contribution in [3.05, 3.63) is 67.8 Å². The minimum atomic E-state index is -0.345. The van der Waals surface area contributed by atoms with Crippen LogP contribution >= 0.6 is 24.0 Å². The Hall–Kier alpha value is -2.93. The number of rotatable bonds is 6. The molecule has 1 aromatic heterocycles. The zero-order valence-corrected chi connectivity index (χ0v) is 22.6. The van der Waals surface area contributed by atoms with Crippen molar-refractivity contribution >= 4 is 46.1 Å². The van der Waals surface area contributed by atoms with Crippen molar-refractivity contribution in [3.63, 3.8) is 0 Å². The Bertz CT molecular complexity index is 1300. The molecule has 0 unspecified atom stereocenters. The Balaban J connectivity index is 1.67. The van der Waals surface area contributed by atoms with E-state index in [0.29, 0.717) is 45.8 Å². The molecule has 0 saturated carbocycles. The summed E-state index contributed by atoms with van der Waals surface area (Å²) >= 11 is 6.82. The molecular formula is C27H30N4O3S2. The topological polar surface area (TPSA) is 78.6 Å². The van der Waals surface area contributed by atoms with Gasteiger partial charge in [-0.1, -0.05) is 54.3 Å². The number of thioether (sulfide) groups is 1. The summed E-state index contributed by atoms with van der Waals surface area (Å²) in [5.41, 5.74) is 2.22. The molecule has 1 aromatic carbocycles. The van der Waals surface area contributed by atoms with E-state index in [1.54, 1.807) is 24.9 Å². The van der Waals surface area contributed by atoms with Crippen LogP contribution in [0.5, 0.6) is 0 Å². The van der Waals surface area contributed by atoms with Crippen LogP contribution in [-0.2, 0) is 23.0 Å². The lowest BCUT2D eigenvalue weighted by molar-refractivity contribution is -0.122. The fourth-order valence-electron chi connectivity index (χ4n) is 4.85. The molecule has 0 aliphatic carbocycles. The van der Waals surface area contributed by atoms with Crippen molar-refractivity contribution in [2.24, 2.45) is 7.05 Å². The second-order valence-corrected chi connectivity index (χ2v) is 11.0. The van der Waals surface area contributed by atoms with Gasteiger partial charge in [0.1, 0.15) is 21.8 Å². The number of benzene rings is 1. The molecule has 0 radical (unpaired) electrons. The lowest BCUT2D eigenvalue weighted by Gasteiger charge is -2.38. The molecule has 36 heavy (non-hydrogen) atoms. The Labute approximate surface area is 221 Å². The molecule has 2 fully saturated rings. The third kappa shape index (κ3) is 5.26. The van der Waals surface area contributed by atoms with Gasteiger partial charge in [-0.3, -0.25) is 19.1 Å². The average Bonchev–Trinajstić information content (AvgIpc) is 3.10. The maximum absolute atomic E-state index is 13.4. The summed E-state index contributed by atoms with van der Waals surface area (Å²) in [5.74, 6) is 0.548. The lowest BCUT2D eigenvalue weighted by atomic mass is 10.0. The summed E-state index contributed by atoms with van der Waals surface area (Å²) in [6.45, 7) is 7.50. The Kier molecular flexibility index (Phi) is 7.98. The monoisotopic (exact) mass is 522 g/mol. The van der Waals surface area contributed by atoms with Crippen molar-refractivity contribution in [1.82, 2.24) is 9.47 Å². The normalized spacial score (nSPS) is 21.4. The highest BCUT2D eigenvalue weighted by atomic mass is 32.2. The van der Waals surface area contributed by atoms with E-state index in [2.05, 4.69) is 23.1 Å². The van der Waals surface area contributed by atoms with Crippen LogP contribution in [0.2, 0.25) is 0 Å². The number of morpholine rings is 1. The fourth-order valence-corrected chi connectivity index (χ4v) is 6.15. The molecule has 0 spiro atoms. The van der Waals surface area contributed by atoms with Gasteiger partial charge in [0.2, 0.25) is 0 Å². The number of anilines is 1. The summed E-state index contributed by atoms with van der Waals surface area (Å²) in [7, 11) is 1.68. The highest BCUT2D eigenvalue weighted by molar-refractivity contribution is 8.26. The van der Waals surface area contributed by atoms with E-state index in [-0.39, 0.29) is 29.2 Å². The number of carbonyl (C=O) groups excluding carboxylic acids is 1. The number of amides is 1. The zero-order valence-electron chi connectivity index (χ0n) is 21.0. The molecule has 2 aliphatic rings. The van der Waals surface area contributed by atoms with E-state index >= 15 is 0 Å². The molecule has 0 N–H and O–H groups in total. The van der Waals surface area contributed by atoms with Gasteiger partial charge < -0.3 is 9.64 Å². The molecule has 2 aromatic rings. The molecule has 1 amide bonds. The van der Waals surface area contributed by atoms with Gasteiger partial charge in [0.25, 0.3) is 11.5 Å². The third-order valence-corrected chi connectivity index (χ3v) is 7.90. The van der Waals surface area contributed by atoms with Crippen LogP contribution in [0.15, 0.2) is 40.0 Å². The van der Waals surface area contributed by atoms with Crippen molar-refractivity contribution in [2.75, 3.05) is 24.5 Å². The minimum Gasteiger partial charge on any atom is -0.372 e. The van der Waals surface area contributed by atoms with Gasteiger partial charge in [0.15, 0.2) is 0 Å². The van der Waals surface area contributed by atoms with E-state index < -0.39 is 0 Å². The van der Waals surface area contributed by atoms with E-state index in [0.717, 1.165) is 12.8 Å². The van der Waals surface area contributed by atoms with Gasteiger partial charge in [0.05, 0.1) is 17.1 Å². The maximum atomic E-state index is 13.4. The fraction of sp³-hybridized carbons (Fsp3) is 0.407. The van der Waals surface area contributed by atoms with Crippen molar-refractivity contribution < 1.29 is 9.53 Å². The predicted octanol–water partition coefficient (Wildman–Crippen LogP) is 4.01. The number of aromatic nitrogens is 1. The lowest BCUT2D eigenvalue weighted by Crippen LogP contribution is -2.47. The number of nitrogens with zero attached hydrogens (tertiary/aromatic N) is 4. The van der Waals surface area contributed by atoms with Crippen LogP contribution in [-0.4, -0.2) is 51.5 Å². The third-order valence-electron chi connectivity index (χ3n) is 6.53. The molecule has 2 saturated heterocycles. The van der Waals surface area contributed by atoms with Crippen molar-refractivity contribution in [3.8, 4) is 6.07 Å². The minimum absolute atomic E-state index is 0.0181. The van der Waals surface area contributed by atoms with Crippen molar-refractivity contribution in [2.45, 2.75) is 45.8 Å². The van der Waals surface area contributed by atoms with Gasteiger partial charge in [-0.15, -0.1) is 0 Å². The second-order valence-electron chi connectivity index (χ2n) is 9.30. The predicted molar refractivity (Wildman–Crippen MR) is 148 cm³/mol. The second kappa shape index (κ2) is 11.0. The molecule has 188 valence electrons. The Morgan fingerprint density at radius 1 is 1.19 bits per heavy atom. The first-order valence-corrected chi connectivity index (χ1v) is 13.3. The number of pyridine rings is 1.